The Labute approximate surface area is 175 Å². The molecule has 3 aromatic rings. The van der Waals surface area contributed by atoms with Crippen LogP contribution in [0.15, 0.2) is 59.6 Å². The molecule has 29 heavy (non-hydrogen) atoms. The van der Waals surface area contributed by atoms with Crippen LogP contribution in [0.3, 0.4) is 0 Å². The molecule has 146 valence electrons. The van der Waals surface area contributed by atoms with Crippen molar-refractivity contribution in [1.29, 1.82) is 5.26 Å². The first-order valence-electron chi connectivity index (χ1n) is 9.67. The van der Waals surface area contributed by atoms with Gasteiger partial charge in [-0.25, -0.2) is 4.98 Å². The Morgan fingerprint density at radius 3 is 2.59 bits per heavy atom. The second-order valence-electron chi connectivity index (χ2n) is 7.09. The van der Waals surface area contributed by atoms with Crippen molar-refractivity contribution < 1.29 is 4.79 Å². The van der Waals surface area contributed by atoms with Crippen LogP contribution in [0.5, 0.6) is 0 Å². The number of nitrogens with zero attached hydrogens (tertiary/aromatic N) is 4. The van der Waals surface area contributed by atoms with E-state index in [0.29, 0.717) is 29.4 Å². The summed E-state index contributed by atoms with van der Waals surface area (Å²) in [7, 11) is 0. The van der Waals surface area contributed by atoms with Crippen LogP contribution in [-0.4, -0.2) is 47.7 Å². The number of rotatable bonds is 4. The molecule has 2 heterocycles. The number of para-hydroxylation sites is 2. The lowest BCUT2D eigenvalue weighted by Crippen LogP contribution is -2.49. The van der Waals surface area contributed by atoms with E-state index in [1.54, 1.807) is 0 Å². The summed E-state index contributed by atoms with van der Waals surface area (Å²) in [6.07, 6.45) is 0. The highest BCUT2D eigenvalue weighted by Crippen LogP contribution is 2.26. The number of pyridine rings is 1. The molecule has 1 amide bonds. The summed E-state index contributed by atoms with van der Waals surface area (Å²) in [5.41, 5.74) is 3.67. The molecule has 4 rings (SSSR count). The zero-order chi connectivity index (χ0) is 20.2. The summed E-state index contributed by atoms with van der Waals surface area (Å²) in [5.74, 6) is 0.392. The van der Waals surface area contributed by atoms with Crippen LogP contribution in [0.4, 0.5) is 5.69 Å². The number of anilines is 1. The number of amides is 1. The van der Waals surface area contributed by atoms with E-state index in [-0.39, 0.29) is 5.91 Å². The molecule has 0 saturated carbocycles. The normalized spacial score (nSPS) is 14.1. The minimum atomic E-state index is 0.0956. The van der Waals surface area contributed by atoms with E-state index in [2.05, 4.69) is 28.1 Å². The van der Waals surface area contributed by atoms with Crippen molar-refractivity contribution in [1.82, 2.24) is 9.88 Å². The number of hydrogen-bond acceptors (Lipinski definition) is 5. The Morgan fingerprint density at radius 1 is 1.10 bits per heavy atom. The van der Waals surface area contributed by atoms with Gasteiger partial charge in [-0.1, -0.05) is 48.2 Å². The first-order chi connectivity index (χ1) is 14.2. The standard InChI is InChI=1S/C23H22N4OS/c1-17-6-5-7-18-14-19(15-24)23(25-22(17)18)29-16-21(28)27-12-10-26(11-13-27)20-8-3-2-4-9-20/h2-9,14H,10-13,16H2,1H3. The Morgan fingerprint density at radius 2 is 1.86 bits per heavy atom. The van der Waals surface area contributed by atoms with Crippen LogP contribution < -0.4 is 4.90 Å². The summed E-state index contributed by atoms with van der Waals surface area (Å²) in [5, 5.41) is 11.1. The molecule has 0 atom stereocenters. The molecule has 1 aliphatic rings. The van der Waals surface area contributed by atoms with Crippen LogP contribution in [0.2, 0.25) is 0 Å². The van der Waals surface area contributed by atoms with Gasteiger partial charge in [0.15, 0.2) is 0 Å². The Kier molecular flexibility index (Phi) is 5.68. The number of nitriles is 1. The molecule has 0 N–H and O–H groups in total. The highest BCUT2D eigenvalue weighted by Gasteiger charge is 2.22. The molecular formula is C23H22N4OS. The molecule has 1 aromatic heterocycles. The fraction of sp³-hybridized carbons (Fsp3) is 0.261. The summed E-state index contributed by atoms with van der Waals surface area (Å²) >= 11 is 1.36. The van der Waals surface area contributed by atoms with Crippen molar-refractivity contribution in [2.45, 2.75) is 11.9 Å². The maximum Gasteiger partial charge on any atom is 0.233 e. The van der Waals surface area contributed by atoms with Gasteiger partial charge in [0, 0.05) is 37.3 Å². The van der Waals surface area contributed by atoms with Crippen LogP contribution in [0.1, 0.15) is 11.1 Å². The van der Waals surface area contributed by atoms with Crippen molar-refractivity contribution >= 4 is 34.3 Å². The second-order valence-corrected chi connectivity index (χ2v) is 8.06. The minimum absolute atomic E-state index is 0.0956. The van der Waals surface area contributed by atoms with Gasteiger partial charge in [-0.2, -0.15) is 5.26 Å². The molecule has 5 nitrogen and oxygen atoms in total. The third-order valence-electron chi connectivity index (χ3n) is 5.22. The highest BCUT2D eigenvalue weighted by molar-refractivity contribution is 8.00. The van der Waals surface area contributed by atoms with Crippen LogP contribution in [-0.2, 0) is 4.79 Å². The van der Waals surface area contributed by atoms with Gasteiger partial charge in [-0.05, 0) is 30.7 Å². The van der Waals surface area contributed by atoms with Crippen LogP contribution >= 0.6 is 11.8 Å². The summed E-state index contributed by atoms with van der Waals surface area (Å²) in [6, 6.07) is 20.3. The quantitative estimate of drug-likeness (QED) is 0.620. The molecule has 1 saturated heterocycles. The topological polar surface area (TPSA) is 60.2 Å². The average Bonchev–Trinajstić information content (AvgIpc) is 2.78. The zero-order valence-electron chi connectivity index (χ0n) is 16.3. The van der Waals surface area contributed by atoms with Crippen molar-refractivity contribution in [3.05, 3.63) is 65.7 Å². The first-order valence-corrected chi connectivity index (χ1v) is 10.7. The molecule has 2 aromatic carbocycles. The van der Waals surface area contributed by atoms with Gasteiger partial charge in [0.2, 0.25) is 5.91 Å². The zero-order valence-corrected chi connectivity index (χ0v) is 17.2. The Hall–Kier alpha value is -3.04. The monoisotopic (exact) mass is 402 g/mol. The molecule has 1 aliphatic heterocycles. The number of benzene rings is 2. The molecule has 0 aliphatic carbocycles. The van der Waals surface area contributed by atoms with E-state index < -0.39 is 0 Å². The van der Waals surface area contributed by atoms with E-state index in [1.165, 1.54) is 17.4 Å². The van der Waals surface area contributed by atoms with Gasteiger partial charge in [0.25, 0.3) is 0 Å². The van der Waals surface area contributed by atoms with E-state index in [1.807, 2.05) is 54.3 Å². The predicted molar refractivity (Wildman–Crippen MR) is 117 cm³/mol. The average molecular weight is 403 g/mol. The predicted octanol–water partition coefficient (Wildman–Crippen LogP) is 3.86. The Balaban J connectivity index is 1.40. The van der Waals surface area contributed by atoms with Gasteiger partial charge >= 0.3 is 0 Å². The lowest BCUT2D eigenvalue weighted by atomic mass is 10.1. The fourth-order valence-electron chi connectivity index (χ4n) is 3.59. The third kappa shape index (κ3) is 4.20. The number of piperazine rings is 1. The van der Waals surface area contributed by atoms with E-state index in [0.717, 1.165) is 29.6 Å². The number of aromatic nitrogens is 1. The summed E-state index contributed by atoms with van der Waals surface area (Å²) < 4.78 is 0. The molecule has 1 fully saturated rings. The molecular weight excluding hydrogens is 380 g/mol. The van der Waals surface area contributed by atoms with Gasteiger partial charge in [0.1, 0.15) is 11.1 Å². The van der Waals surface area contributed by atoms with E-state index >= 15 is 0 Å². The number of hydrogen-bond donors (Lipinski definition) is 0. The SMILES string of the molecule is Cc1cccc2cc(C#N)c(SCC(=O)N3CCN(c4ccccc4)CC3)nc12. The number of aryl methyl sites for hydroxylation is 1. The van der Waals surface area contributed by atoms with Crippen LogP contribution in [0.25, 0.3) is 10.9 Å². The van der Waals surface area contributed by atoms with Gasteiger partial charge in [0.05, 0.1) is 16.8 Å². The molecule has 6 heteroatoms. The van der Waals surface area contributed by atoms with Crippen molar-refractivity contribution in [2.75, 3.05) is 36.8 Å². The van der Waals surface area contributed by atoms with Crippen molar-refractivity contribution in [2.24, 2.45) is 0 Å². The smallest absolute Gasteiger partial charge is 0.233 e. The lowest BCUT2D eigenvalue weighted by Gasteiger charge is -2.36. The van der Waals surface area contributed by atoms with E-state index in [4.69, 9.17) is 0 Å². The second kappa shape index (κ2) is 8.54. The van der Waals surface area contributed by atoms with Gasteiger partial charge in [-0.3, -0.25) is 4.79 Å². The third-order valence-corrected chi connectivity index (χ3v) is 6.20. The summed E-state index contributed by atoms with van der Waals surface area (Å²) in [6.45, 7) is 5.09. The fourth-order valence-corrected chi connectivity index (χ4v) is 4.45. The van der Waals surface area contributed by atoms with Crippen molar-refractivity contribution in [3.63, 3.8) is 0 Å². The molecule has 0 bridgehead atoms. The van der Waals surface area contributed by atoms with Gasteiger partial charge in [-0.15, -0.1) is 0 Å². The largest absolute Gasteiger partial charge is 0.368 e. The van der Waals surface area contributed by atoms with Crippen LogP contribution in [0, 0.1) is 18.3 Å². The lowest BCUT2D eigenvalue weighted by molar-refractivity contribution is -0.128. The summed E-state index contributed by atoms with van der Waals surface area (Å²) in [4.78, 5) is 21.6. The maximum atomic E-state index is 12.7. The van der Waals surface area contributed by atoms with Gasteiger partial charge < -0.3 is 9.80 Å². The molecule has 0 radical (unpaired) electrons. The number of carbonyl (C=O) groups excluding carboxylic acids is 1. The number of carbonyl (C=O) groups is 1. The molecule has 0 unspecified atom stereocenters. The number of thioether (sulfide) groups is 1. The maximum absolute atomic E-state index is 12.7. The Bertz CT molecular complexity index is 1070. The van der Waals surface area contributed by atoms with E-state index in [9.17, 15) is 10.1 Å². The number of fused-ring (bicyclic) bond motifs is 1. The first kappa shape index (κ1) is 19.3. The molecule has 0 spiro atoms. The minimum Gasteiger partial charge on any atom is -0.368 e. The van der Waals surface area contributed by atoms with Crippen molar-refractivity contribution in [3.8, 4) is 6.07 Å². The highest BCUT2D eigenvalue weighted by atomic mass is 32.2.